The van der Waals surface area contributed by atoms with Crippen LogP contribution in [0, 0.1) is 10.1 Å². The van der Waals surface area contributed by atoms with Gasteiger partial charge in [0.25, 0.3) is 11.6 Å². The number of non-ortho nitro benzene ring substituents is 1. The van der Waals surface area contributed by atoms with E-state index in [1.54, 1.807) is 0 Å². The van der Waals surface area contributed by atoms with Crippen molar-refractivity contribution in [1.29, 1.82) is 0 Å². The van der Waals surface area contributed by atoms with Crippen LogP contribution in [-0.2, 0) is 14.8 Å². The van der Waals surface area contributed by atoms with Gasteiger partial charge in [0.15, 0.2) is 6.04 Å². The number of benzene rings is 2. The number of anilines is 1. The van der Waals surface area contributed by atoms with Gasteiger partial charge in [0.05, 0.1) is 21.2 Å². The molecular formula is C16H14N6O6S. The van der Waals surface area contributed by atoms with Crippen LogP contribution in [0.25, 0.3) is 0 Å². The van der Waals surface area contributed by atoms with Crippen molar-refractivity contribution in [3.05, 3.63) is 52.6 Å². The molecule has 29 heavy (non-hydrogen) atoms. The zero-order chi connectivity index (χ0) is 21.3. The fourth-order valence-corrected chi connectivity index (χ4v) is 3.03. The summed E-state index contributed by atoms with van der Waals surface area (Å²) < 4.78 is 22.6. The van der Waals surface area contributed by atoms with Crippen LogP contribution in [0.4, 0.5) is 17.1 Å². The van der Waals surface area contributed by atoms with Gasteiger partial charge in [-0.2, -0.15) is 20.3 Å². The number of nitro groups is 1. The second-order valence-corrected chi connectivity index (χ2v) is 7.54. The van der Waals surface area contributed by atoms with E-state index in [0.717, 1.165) is 17.1 Å². The number of carbonyl (C=O) groups is 1. The third-order valence-electron chi connectivity index (χ3n) is 3.94. The van der Waals surface area contributed by atoms with Crippen molar-refractivity contribution in [3.8, 4) is 5.75 Å². The first-order chi connectivity index (χ1) is 13.6. The van der Waals surface area contributed by atoms with Crippen molar-refractivity contribution in [2.75, 3.05) is 5.01 Å². The van der Waals surface area contributed by atoms with Gasteiger partial charge >= 0.3 is 0 Å². The summed E-state index contributed by atoms with van der Waals surface area (Å²) in [5.74, 6) is -1.08. The molecule has 1 unspecified atom stereocenters. The summed E-state index contributed by atoms with van der Waals surface area (Å²) in [6.07, 6.45) is 0. The highest BCUT2D eigenvalue weighted by Gasteiger charge is 2.35. The lowest BCUT2D eigenvalue weighted by Gasteiger charge is -2.12. The van der Waals surface area contributed by atoms with Crippen LogP contribution in [0.1, 0.15) is 6.92 Å². The van der Waals surface area contributed by atoms with E-state index < -0.39 is 32.6 Å². The van der Waals surface area contributed by atoms with Crippen LogP contribution in [0.5, 0.6) is 5.75 Å². The molecule has 0 fully saturated rings. The van der Waals surface area contributed by atoms with E-state index in [4.69, 9.17) is 5.14 Å². The molecule has 1 heterocycles. The Morgan fingerprint density at radius 3 is 2.62 bits per heavy atom. The molecule has 1 atom stereocenters. The van der Waals surface area contributed by atoms with E-state index in [0.29, 0.717) is 0 Å². The van der Waals surface area contributed by atoms with E-state index >= 15 is 0 Å². The molecule has 2 aromatic carbocycles. The first-order valence-corrected chi connectivity index (χ1v) is 9.53. The third-order valence-corrected chi connectivity index (χ3v) is 4.85. The molecule has 0 bridgehead atoms. The molecule has 3 N–H and O–H groups in total. The zero-order valence-corrected chi connectivity index (χ0v) is 15.6. The Labute approximate surface area is 164 Å². The summed E-state index contributed by atoms with van der Waals surface area (Å²) in [5.41, 5.74) is 0.201. The lowest BCUT2D eigenvalue weighted by molar-refractivity contribution is -0.384. The van der Waals surface area contributed by atoms with Crippen LogP contribution < -0.4 is 10.1 Å². The predicted molar refractivity (Wildman–Crippen MR) is 101 cm³/mol. The molecule has 150 valence electrons. The molecule has 13 heteroatoms. The van der Waals surface area contributed by atoms with Crippen LogP contribution >= 0.6 is 0 Å². The van der Waals surface area contributed by atoms with E-state index in [-0.39, 0.29) is 27.7 Å². The maximum atomic E-state index is 12.6. The average molecular weight is 418 g/mol. The Kier molecular flexibility index (Phi) is 5.09. The molecule has 0 spiro atoms. The molecule has 0 saturated carbocycles. The number of rotatable bonds is 5. The van der Waals surface area contributed by atoms with Crippen LogP contribution in [0.3, 0.4) is 0 Å². The van der Waals surface area contributed by atoms with Gasteiger partial charge in [-0.3, -0.25) is 14.9 Å². The second-order valence-electron chi connectivity index (χ2n) is 5.98. The summed E-state index contributed by atoms with van der Waals surface area (Å²) >= 11 is 0. The fourth-order valence-electron chi connectivity index (χ4n) is 2.50. The van der Waals surface area contributed by atoms with Crippen LogP contribution in [0.15, 0.2) is 62.7 Å². The largest absolute Gasteiger partial charge is 0.506 e. The predicted octanol–water partition coefficient (Wildman–Crippen LogP) is 1.82. The van der Waals surface area contributed by atoms with Crippen molar-refractivity contribution in [3.63, 3.8) is 0 Å². The molecule has 0 aliphatic carbocycles. The third kappa shape index (κ3) is 4.09. The maximum absolute atomic E-state index is 12.6. The number of aromatic hydroxyl groups is 1. The number of hydrogen-bond acceptors (Lipinski definition) is 9. The number of nitrogens with zero attached hydrogens (tertiary/aromatic N) is 5. The van der Waals surface area contributed by atoms with Crippen molar-refractivity contribution >= 4 is 38.7 Å². The van der Waals surface area contributed by atoms with Crippen molar-refractivity contribution in [2.45, 2.75) is 17.9 Å². The summed E-state index contributed by atoms with van der Waals surface area (Å²) in [5, 5.41) is 38.5. The topological polar surface area (TPSA) is 181 Å². The number of primary sulfonamides is 1. The molecule has 12 nitrogen and oxygen atoms in total. The highest BCUT2D eigenvalue weighted by molar-refractivity contribution is 7.89. The highest BCUT2D eigenvalue weighted by atomic mass is 32.2. The molecule has 2 aromatic rings. The monoisotopic (exact) mass is 418 g/mol. The first kappa shape index (κ1) is 20.0. The summed E-state index contributed by atoms with van der Waals surface area (Å²) in [6, 6.07) is 7.52. The second kappa shape index (κ2) is 7.37. The standard InChI is InChI=1S/C16H14N6O6S/c1-9-15(19-18-13-6-5-12(8-14(13)23)29(17,27)28)16(24)21(20-9)10-3-2-4-11(7-10)22(25)26/h2-8,15,23H,1H3,(H2,17,27,28). The number of carbonyl (C=O) groups excluding carboxylic acids is 1. The number of nitrogens with two attached hydrogens (primary N) is 1. The Morgan fingerprint density at radius 1 is 1.28 bits per heavy atom. The van der Waals surface area contributed by atoms with E-state index in [2.05, 4.69) is 15.3 Å². The number of azo groups is 1. The summed E-state index contributed by atoms with van der Waals surface area (Å²) in [6.45, 7) is 1.53. The molecular weight excluding hydrogens is 404 g/mol. The molecule has 0 saturated heterocycles. The van der Waals surface area contributed by atoms with Gasteiger partial charge in [0.1, 0.15) is 11.4 Å². The number of phenols is 1. The normalized spacial score (nSPS) is 17.0. The van der Waals surface area contributed by atoms with E-state index in [9.17, 15) is 28.4 Å². The molecule has 3 rings (SSSR count). The quantitative estimate of drug-likeness (QED) is 0.424. The average Bonchev–Trinajstić information content (AvgIpc) is 2.94. The number of sulfonamides is 1. The lowest BCUT2D eigenvalue weighted by atomic mass is 10.2. The van der Waals surface area contributed by atoms with Crippen molar-refractivity contribution in [1.82, 2.24) is 0 Å². The van der Waals surface area contributed by atoms with Gasteiger partial charge in [-0.1, -0.05) is 6.07 Å². The number of hydrogen-bond donors (Lipinski definition) is 2. The molecule has 1 amide bonds. The van der Waals surface area contributed by atoms with Gasteiger partial charge in [-0.05, 0) is 25.1 Å². The van der Waals surface area contributed by atoms with Crippen molar-refractivity contribution in [2.24, 2.45) is 20.5 Å². The van der Waals surface area contributed by atoms with Crippen LogP contribution in [0.2, 0.25) is 0 Å². The molecule has 1 aliphatic heterocycles. The smallest absolute Gasteiger partial charge is 0.280 e. The molecule has 0 radical (unpaired) electrons. The van der Waals surface area contributed by atoms with Gasteiger partial charge in [0.2, 0.25) is 10.0 Å². The minimum Gasteiger partial charge on any atom is -0.506 e. The number of nitro benzene ring substituents is 1. The molecule has 1 aliphatic rings. The Morgan fingerprint density at radius 2 is 2.00 bits per heavy atom. The van der Waals surface area contributed by atoms with E-state index in [1.807, 2.05) is 0 Å². The number of amides is 1. The van der Waals surface area contributed by atoms with Gasteiger partial charge < -0.3 is 5.11 Å². The highest BCUT2D eigenvalue weighted by Crippen LogP contribution is 2.30. The fraction of sp³-hybridized carbons (Fsp3) is 0.125. The maximum Gasteiger partial charge on any atom is 0.280 e. The minimum absolute atomic E-state index is 0.0770. The van der Waals surface area contributed by atoms with Gasteiger partial charge in [-0.25, -0.2) is 13.6 Å². The zero-order valence-electron chi connectivity index (χ0n) is 14.8. The summed E-state index contributed by atoms with van der Waals surface area (Å²) in [4.78, 5) is 22.6. The number of hydrazone groups is 1. The Hall–Kier alpha value is -3.71. The molecule has 0 aromatic heterocycles. The first-order valence-electron chi connectivity index (χ1n) is 7.98. The Balaban J connectivity index is 1.85. The SMILES string of the molecule is CC1=NN(c2cccc([N+](=O)[O-])c2)C(=O)C1N=Nc1ccc(S(N)(=O)=O)cc1O. The number of phenolic OH excluding ortho intramolecular Hbond substituents is 1. The van der Waals surface area contributed by atoms with Crippen molar-refractivity contribution < 1.29 is 23.2 Å². The Bertz CT molecular complexity index is 1180. The van der Waals surface area contributed by atoms with Gasteiger partial charge in [0, 0.05) is 18.2 Å². The van der Waals surface area contributed by atoms with Gasteiger partial charge in [-0.15, -0.1) is 0 Å². The van der Waals surface area contributed by atoms with Crippen LogP contribution in [-0.4, -0.2) is 36.1 Å². The lowest BCUT2D eigenvalue weighted by Crippen LogP contribution is -2.29. The summed E-state index contributed by atoms with van der Waals surface area (Å²) in [7, 11) is -4.00. The minimum atomic E-state index is -4.00. The van der Waals surface area contributed by atoms with E-state index in [1.165, 1.54) is 37.3 Å².